The first kappa shape index (κ1) is 17.7. The standard InChI is InChI=1S/C22H21NO3/c24-16-18(15-17-7-3-1-4-8-17)22(26)23(19-9-5-2-6-10-19)20-11-13-21(25)14-12-20/h1-14,18,24-25H,15-16H2. The van der Waals surface area contributed by atoms with E-state index in [0.717, 1.165) is 11.3 Å². The molecule has 4 nitrogen and oxygen atoms in total. The van der Waals surface area contributed by atoms with E-state index in [1.165, 1.54) is 0 Å². The molecular formula is C22H21NO3. The van der Waals surface area contributed by atoms with Crippen LogP contribution in [0.4, 0.5) is 11.4 Å². The molecule has 0 fully saturated rings. The lowest BCUT2D eigenvalue weighted by atomic mass is 9.98. The maximum absolute atomic E-state index is 13.3. The van der Waals surface area contributed by atoms with Gasteiger partial charge in [0.1, 0.15) is 5.75 Å². The first-order valence-corrected chi connectivity index (χ1v) is 8.52. The molecule has 0 aromatic heterocycles. The summed E-state index contributed by atoms with van der Waals surface area (Å²) in [6.07, 6.45) is 0.456. The molecule has 0 saturated carbocycles. The van der Waals surface area contributed by atoms with Crippen molar-refractivity contribution in [1.29, 1.82) is 0 Å². The van der Waals surface area contributed by atoms with Gasteiger partial charge in [0.25, 0.3) is 0 Å². The van der Waals surface area contributed by atoms with Crippen molar-refractivity contribution in [3.63, 3.8) is 0 Å². The van der Waals surface area contributed by atoms with Crippen LogP contribution >= 0.6 is 0 Å². The van der Waals surface area contributed by atoms with Crippen LogP contribution in [0, 0.1) is 5.92 Å². The molecule has 1 amide bonds. The van der Waals surface area contributed by atoms with E-state index in [1.54, 1.807) is 29.2 Å². The number of hydrogen-bond acceptors (Lipinski definition) is 3. The monoisotopic (exact) mass is 347 g/mol. The third-order valence-corrected chi connectivity index (χ3v) is 4.24. The highest BCUT2D eigenvalue weighted by atomic mass is 16.3. The fourth-order valence-electron chi connectivity index (χ4n) is 2.89. The second-order valence-corrected chi connectivity index (χ2v) is 6.09. The quantitative estimate of drug-likeness (QED) is 0.711. The number of benzene rings is 3. The number of para-hydroxylation sites is 1. The minimum Gasteiger partial charge on any atom is -0.508 e. The Labute approximate surface area is 153 Å². The van der Waals surface area contributed by atoms with Gasteiger partial charge < -0.3 is 10.2 Å². The van der Waals surface area contributed by atoms with Crippen LogP contribution < -0.4 is 4.90 Å². The minimum atomic E-state index is -0.564. The smallest absolute Gasteiger partial charge is 0.237 e. The van der Waals surface area contributed by atoms with Crippen LogP contribution in [0.1, 0.15) is 5.56 Å². The van der Waals surface area contributed by atoms with E-state index in [0.29, 0.717) is 12.1 Å². The van der Waals surface area contributed by atoms with Gasteiger partial charge in [-0.05, 0) is 48.4 Å². The zero-order chi connectivity index (χ0) is 18.4. The number of aliphatic hydroxyl groups excluding tert-OH is 1. The second kappa shape index (κ2) is 8.32. The molecule has 1 atom stereocenters. The summed E-state index contributed by atoms with van der Waals surface area (Å²) in [7, 11) is 0. The molecule has 26 heavy (non-hydrogen) atoms. The number of carbonyl (C=O) groups is 1. The Morgan fingerprint density at radius 3 is 1.92 bits per heavy atom. The van der Waals surface area contributed by atoms with E-state index in [1.807, 2.05) is 60.7 Å². The number of anilines is 2. The number of phenols is 1. The number of nitrogens with zero attached hydrogens (tertiary/aromatic N) is 1. The van der Waals surface area contributed by atoms with Gasteiger partial charge in [0, 0.05) is 11.4 Å². The van der Waals surface area contributed by atoms with Gasteiger partial charge in [-0.3, -0.25) is 9.69 Å². The van der Waals surface area contributed by atoms with E-state index in [-0.39, 0.29) is 18.3 Å². The minimum absolute atomic E-state index is 0.136. The number of carbonyl (C=O) groups excluding carboxylic acids is 1. The predicted molar refractivity (Wildman–Crippen MR) is 102 cm³/mol. The molecule has 0 aliphatic heterocycles. The zero-order valence-electron chi connectivity index (χ0n) is 14.3. The summed E-state index contributed by atoms with van der Waals surface area (Å²) in [5.41, 5.74) is 2.36. The van der Waals surface area contributed by atoms with Crippen molar-refractivity contribution < 1.29 is 15.0 Å². The summed E-state index contributed by atoms with van der Waals surface area (Å²) in [4.78, 5) is 14.9. The van der Waals surface area contributed by atoms with Crippen molar-refractivity contribution in [2.24, 2.45) is 5.92 Å². The third kappa shape index (κ3) is 4.10. The number of aromatic hydroxyl groups is 1. The normalized spacial score (nSPS) is 11.7. The molecule has 0 aliphatic rings. The van der Waals surface area contributed by atoms with E-state index in [2.05, 4.69) is 0 Å². The lowest BCUT2D eigenvalue weighted by Gasteiger charge is -2.27. The van der Waals surface area contributed by atoms with Crippen molar-refractivity contribution in [1.82, 2.24) is 0 Å². The molecule has 3 aromatic rings. The van der Waals surface area contributed by atoms with Crippen molar-refractivity contribution >= 4 is 17.3 Å². The van der Waals surface area contributed by atoms with E-state index < -0.39 is 5.92 Å². The summed E-state index contributed by atoms with van der Waals surface area (Å²) < 4.78 is 0. The maximum Gasteiger partial charge on any atom is 0.237 e. The molecule has 0 heterocycles. The molecule has 0 saturated heterocycles. The predicted octanol–water partition coefficient (Wildman–Crippen LogP) is 3.91. The number of aliphatic hydroxyl groups is 1. The molecule has 3 aromatic carbocycles. The molecule has 4 heteroatoms. The number of rotatable bonds is 6. The molecule has 1 unspecified atom stereocenters. The van der Waals surface area contributed by atoms with Crippen LogP contribution in [-0.2, 0) is 11.2 Å². The van der Waals surface area contributed by atoms with E-state index in [4.69, 9.17) is 0 Å². The Morgan fingerprint density at radius 1 is 0.808 bits per heavy atom. The molecule has 132 valence electrons. The highest BCUT2D eigenvalue weighted by Gasteiger charge is 2.26. The highest BCUT2D eigenvalue weighted by Crippen LogP contribution is 2.29. The van der Waals surface area contributed by atoms with Gasteiger partial charge in [-0.1, -0.05) is 48.5 Å². The fourth-order valence-corrected chi connectivity index (χ4v) is 2.89. The summed E-state index contributed by atoms with van der Waals surface area (Å²) in [6, 6.07) is 25.4. The Morgan fingerprint density at radius 2 is 1.35 bits per heavy atom. The average molecular weight is 347 g/mol. The molecule has 0 radical (unpaired) electrons. The molecule has 0 aliphatic carbocycles. The van der Waals surface area contributed by atoms with Crippen LogP contribution in [0.5, 0.6) is 5.75 Å². The topological polar surface area (TPSA) is 60.8 Å². The Bertz CT molecular complexity index is 832. The molecule has 2 N–H and O–H groups in total. The van der Waals surface area contributed by atoms with E-state index >= 15 is 0 Å². The van der Waals surface area contributed by atoms with Gasteiger partial charge in [-0.15, -0.1) is 0 Å². The SMILES string of the molecule is O=C(C(CO)Cc1ccccc1)N(c1ccccc1)c1ccc(O)cc1. The van der Waals surface area contributed by atoms with Gasteiger partial charge in [-0.2, -0.15) is 0 Å². The van der Waals surface area contributed by atoms with Crippen LogP contribution in [0.2, 0.25) is 0 Å². The van der Waals surface area contributed by atoms with Crippen LogP contribution in [0.25, 0.3) is 0 Å². The highest BCUT2D eigenvalue weighted by molar-refractivity contribution is 6.02. The first-order chi connectivity index (χ1) is 12.7. The molecule has 0 spiro atoms. The summed E-state index contributed by atoms with van der Waals surface area (Å²) in [5.74, 6) is -0.614. The molecule has 0 bridgehead atoms. The van der Waals surface area contributed by atoms with Crippen LogP contribution in [-0.4, -0.2) is 22.7 Å². The number of hydrogen-bond donors (Lipinski definition) is 2. The second-order valence-electron chi connectivity index (χ2n) is 6.09. The van der Waals surface area contributed by atoms with E-state index in [9.17, 15) is 15.0 Å². The number of amides is 1. The lowest BCUT2D eigenvalue weighted by Crippen LogP contribution is -2.35. The van der Waals surface area contributed by atoms with Crippen molar-refractivity contribution in [2.75, 3.05) is 11.5 Å². The summed E-state index contributed by atoms with van der Waals surface area (Å²) in [5, 5.41) is 19.4. The van der Waals surface area contributed by atoms with Gasteiger partial charge in [0.2, 0.25) is 5.91 Å². The molecule has 3 rings (SSSR count). The van der Waals surface area contributed by atoms with Crippen molar-refractivity contribution in [3.8, 4) is 5.75 Å². The van der Waals surface area contributed by atoms with Gasteiger partial charge in [-0.25, -0.2) is 0 Å². The summed E-state index contributed by atoms with van der Waals surface area (Å²) in [6.45, 7) is -0.241. The van der Waals surface area contributed by atoms with Crippen LogP contribution in [0.15, 0.2) is 84.9 Å². The first-order valence-electron chi connectivity index (χ1n) is 8.52. The Balaban J connectivity index is 1.94. The fraction of sp³-hybridized carbons (Fsp3) is 0.136. The van der Waals surface area contributed by atoms with Gasteiger partial charge in [0.15, 0.2) is 0 Å². The Kier molecular flexibility index (Phi) is 5.66. The van der Waals surface area contributed by atoms with Crippen molar-refractivity contribution in [3.05, 3.63) is 90.5 Å². The van der Waals surface area contributed by atoms with Crippen LogP contribution in [0.3, 0.4) is 0 Å². The Hall–Kier alpha value is -3.11. The van der Waals surface area contributed by atoms with Gasteiger partial charge >= 0.3 is 0 Å². The molecular weight excluding hydrogens is 326 g/mol. The van der Waals surface area contributed by atoms with Crippen molar-refractivity contribution in [2.45, 2.75) is 6.42 Å². The lowest BCUT2D eigenvalue weighted by molar-refractivity contribution is -0.122. The summed E-state index contributed by atoms with van der Waals surface area (Å²) >= 11 is 0. The zero-order valence-corrected chi connectivity index (χ0v) is 14.3. The largest absolute Gasteiger partial charge is 0.508 e. The van der Waals surface area contributed by atoms with Gasteiger partial charge in [0.05, 0.1) is 12.5 Å². The maximum atomic E-state index is 13.3. The average Bonchev–Trinajstić information content (AvgIpc) is 2.69. The number of phenolic OH excluding ortho intramolecular Hbond substituents is 1. The third-order valence-electron chi connectivity index (χ3n) is 4.24.